The van der Waals surface area contributed by atoms with Gasteiger partial charge in [0.25, 0.3) is 0 Å². The lowest BCUT2D eigenvalue weighted by atomic mass is 10.1. The van der Waals surface area contributed by atoms with Gasteiger partial charge in [-0.1, -0.05) is 58.8 Å². The second kappa shape index (κ2) is 20.3. The number of aliphatic carboxylic acids is 4. The normalized spacial score (nSPS) is 13.6. The van der Waals surface area contributed by atoms with Crippen LogP contribution in [0.5, 0.6) is 0 Å². The van der Waals surface area contributed by atoms with E-state index in [2.05, 4.69) is 22.9 Å². The van der Waals surface area contributed by atoms with Gasteiger partial charge in [0.15, 0.2) is 0 Å². The third-order valence-corrected chi connectivity index (χ3v) is 5.80. The van der Waals surface area contributed by atoms with Crippen molar-refractivity contribution in [2.24, 2.45) is 0 Å². The number of hydrogen-bond donors (Lipinski definition) is 7. The zero-order chi connectivity index (χ0) is 28.2. The zero-order valence-electron chi connectivity index (χ0n) is 21.9. The Morgan fingerprint density at radius 2 is 1.27 bits per heavy atom. The van der Waals surface area contributed by atoms with Crippen molar-refractivity contribution in [2.75, 3.05) is 26.2 Å². The molecule has 13 heteroatoms. The van der Waals surface area contributed by atoms with Crippen molar-refractivity contribution in [3.63, 3.8) is 0 Å². The lowest BCUT2D eigenvalue weighted by Gasteiger charge is -2.38. The van der Waals surface area contributed by atoms with E-state index in [9.17, 15) is 39.3 Å². The second-order valence-electron chi connectivity index (χ2n) is 9.01. The van der Waals surface area contributed by atoms with Crippen molar-refractivity contribution < 1.29 is 44.4 Å². The minimum absolute atomic E-state index is 0.236. The molecule has 0 saturated heterocycles. The minimum Gasteiger partial charge on any atom is -0.481 e. The molecule has 0 fully saturated rings. The summed E-state index contributed by atoms with van der Waals surface area (Å²) in [5.74, 6) is -5.77. The smallest absolute Gasteiger partial charge is 0.317 e. The average Bonchev–Trinajstić information content (AvgIpc) is 2.80. The Kier molecular flexibility index (Phi) is 18.8. The predicted molar refractivity (Wildman–Crippen MR) is 135 cm³/mol. The lowest BCUT2D eigenvalue weighted by molar-refractivity contribution is -0.145. The molecular formula is C24H44N4O9. The molecule has 37 heavy (non-hydrogen) atoms. The summed E-state index contributed by atoms with van der Waals surface area (Å²) in [6.07, 6.45) is 6.99. The first-order chi connectivity index (χ1) is 17.5. The van der Waals surface area contributed by atoms with Crippen LogP contribution in [0.15, 0.2) is 0 Å². The summed E-state index contributed by atoms with van der Waals surface area (Å²) in [4.78, 5) is 59.3. The molecule has 0 aliphatic rings. The number of hydrogen-bond acceptors (Lipinski definition) is 8. The van der Waals surface area contributed by atoms with Crippen molar-refractivity contribution in [3.05, 3.63) is 0 Å². The van der Waals surface area contributed by atoms with E-state index < -0.39 is 74.1 Å². The first-order valence-corrected chi connectivity index (χ1v) is 12.9. The Balaban J connectivity index is 5.43. The Morgan fingerprint density at radius 3 is 1.73 bits per heavy atom. The zero-order valence-corrected chi connectivity index (χ0v) is 21.9. The summed E-state index contributed by atoms with van der Waals surface area (Å²) in [7, 11) is 0. The third-order valence-electron chi connectivity index (χ3n) is 5.80. The Bertz CT molecular complexity index is 704. The standard InChI is InChI=1S/C24H44N4O9/c1-3-5-6-7-8-9-10-11-12-25-24(37)18(13-19(29)30)27-23(17(4-2)26-14-20(31)32)28(15-21(33)34)16-22(35)36/h17-18,23,26-27H,3-16H2,1-2H3,(H,25,37)(H,29,30)(H,31,32)(H,33,34)(H,35,36). The molecule has 0 aromatic carbocycles. The van der Waals surface area contributed by atoms with Crippen molar-refractivity contribution in [1.82, 2.24) is 20.9 Å². The van der Waals surface area contributed by atoms with Gasteiger partial charge in [-0.15, -0.1) is 0 Å². The molecule has 0 aromatic heterocycles. The van der Waals surface area contributed by atoms with Crippen molar-refractivity contribution >= 4 is 29.8 Å². The molecular weight excluding hydrogens is 488 g/mol. The topological polar surface area (TPSA) is 206 Å². The molecule has 0 aliphatic heterocycles. The van der Waals surface area contributed by atoms with Gasteiger partial charge in [-0.2, -0.15) is 0 Å². The molecule has 0 spiro atoms. The summed E-state index contributed by atoms with van der Waals surface area (Å²) in [6, 6.07) is -2.10. The van der Waals surface area contributed by atoms with Gasteiger partial charge in [0, 0.05) is 12.6 Å². The number of nitrogens with one attached hydrogen (secondary N) is 3. The van der Waals surface area contributed by atoms with Crippen LogP contribution in [0.1, 0.15) is 78.1 Å². The van der Waals surface area contributed by atoms with Crippen LogP contribution in [-0.4, -0.2) is 99.5 Å². The van der Waals surface area contributed by atoms with E-state index in [1.807, 2.05) is 0 Å². The number of carboxylic acid groups (broad SMARTS) is 4. The fourth-order valence-electron chi connectivity index (χ4n) is 3.98. The van der Waals surface area contributed by atoms with Gasteiger partial charge in [-0.05, 0) is 12.8 Å². The minimum atomic E-state index is -1.34. The van der Waals surface area contributed by atoms with Crippen molar-refractivity contribution in [3.8, 4) is 0 Å². The Labute approximate surface area is 218 Å². The number of unbranched alkanes of at least 4 members (excludes halogenated alkanes) is 7. The van der Waals surface area contributed by atoms with Gasteiger partial charge in [-0.3, -0.25) is 34.2 Å². The lowest BCUT2D eigenvalue weighted by Crippen LogP contribution is -2.64. The summed E-state index contributed by atoms with van der Waals surface area (Å²) >= 11 is 0. The largest absolute Gasteiger partial charge is 0.481 e. The fourth-order valence-corrected chi connectivity index (χ4v) is 3.98. The maximum atomic E-state index is 12.9. The Morgan fingerprint density at radius 1 is 0.730 bits per heavy atom. The van der Waals surface area contributed by atoms with E-state index in [1.165, 1.54) is 25.7 Å². The highest BCUT2D eigenvalue weighted by atomic mass is 16.4. The van der Waals surface area contributed by atoms with E-state index in [4.69, 9.17) is 5.11 Å². The molecule has 0 aliphatic carbocycles. The van der Waals surface area contributed by atoms with Crippen LogP contribution < -0.4 is 16.0 Å². The molecule has 0 rings (SSSR count). The average molecular weight is 533 g/mol. The molecule has 13 nitrogen and oxygen atoms in total. The highest BCUT2D eigenvalue weighted by Crippen LogP contribution is 2.11. The van der Waals surface area contributed by atoms with Crippen molar-refractivity contribution in [2.45, 2.75) is 96.3 Å². The van der Waals surface area contributed by atoms with Gasteiger partial charge in [0.2, 0.25) is 5.91 Å². The van der Waals surface area contributed by atoms with Gasteiger partial charge in [0.05, 0.1) is 38.3 Å². The molecule has 7 N–H and O–H groups in total. The number of amides is 1. The predicted octanol–water partition coefficient (Wildman–Crippen LogP) is 0.926. The Hall–Kier alpha value is -2.77. The highest BCUT2D eigenvalue weighted by molar-refractivity contribution is 5.86. The quantitative estimate of drug-likeness (QED) is 0.0684. The summed E-state index contributed by atoms with van der Waals surface area (Å²) in [5, 5.41) is 45.2. The number of carboxylic acids is 4. The van der Waals surface area contributed by atoms with Crippen LogP contribution in [0, 0.1) is 0 Å². The van der Waals surface area contributed by atoms with E-state index in [0.29, 0.717) is 13.0 Å². The molecule has 0 heterocycles. The summed E-state index contributed by atoms with van der Waals surface area (Å²) in [5.41, 5.74) is 0. The highest BCUT2D eigenvalue weighted by Gasteiger charge is 2.34. The SMILES string of the molecule is CCCCCCCCCCNC(=O)C(CC(=O)O)NC(C(CC)NCC(=O)O)N(CC(=O)O)CC(=O)O. The van der Waals surface area contributed by atoms with Crippen LogP contribution in [-0.2, 0) is 24.0 Å². The first-order valence-electron chi connectivity index (χ1n) is 12.9. The molecule has 3 atom stereocenters. The molecule has 0 radical (unpaired) electrons. The van der Waals surface area contributed by atoms with E-state index in [0.717, 1.165) is 24.2 Å². The van der Waals surface area contributed by atoms with E-state index >= 15 is 0 Å². The molecule has 0 bridgehead atoms. The summed E-state index contributed by atoms with van der Waals surface area (Å²) < 4.78 is 0. The molecule has 214 valence electrons. The second-order valence-corrected chi connectivity index (χ2v) is 9.01. The number of rotatable bonds is 24. The van der Waals surface area contributed by atoms with Gasteiger partial charge in [0.1, 0.15) is 0 Å². The van der Waals surface area contributed by atoms with Crippen LogP contribution in [0.4, 0.5) is 0 Å². The van der Waals surface area contributed by atoms with Crippen LogP contribution in [0.2, 0.25) is 0 Å². The molecule has 0 saturated carbocycles. The summed E-state index contributed by atoms with van der Waals surface area (Å²) in [6.45, 7) is 2.20. The van der Waals surface area contributed by atoms with Gasteiger partial charge in [-0.25, -0.2) is 0 Å². The monoisotopic (exact) mass is 532 g/mol. The molecule has 1 amide bonds. The maximum absolute atomic E-state index is 12.9. The van der Waals surface area contributed by atoms with Gasteiger partial charge >= 0.3 is 23.9 Å². The maximum Gasteiger partial charge on any atom is 0.317 e. The van der Waals surface area contributed by atoms with Crippen LogP contribution >= 0.6 is 0 Å². The van der Waals surface area contributed by atoms with Gasteiger partial charge < -0.3 is 31.1 Å². The molecule has 3 unspecified atom stereocenters. The first kappa shape index (κ1) is 34.2. The fraction of sp³-hybridized carbons (Fsp3) is 0.792. The van der Waals surface area contributed by atoms with Crippen molar-refractivity contribution in [1.29, 1.82) is 0 Å². The van der Waals surface area contributed by atoms with Crippen LogP contribution in [0.25, 0.3) is 0 Å². The number of nitrogens with zero attached hydrogens (tertiary/aromatic N) is 1. The molecule has 0 aromatic rings. The number of carbonyl (C=O) groups excluding carboxylic acids is 1. The van der Waals surface area contributed by atoms with Crippen LogP contribution in [0.3, 0.4) is 0 Å². The number of carbonyl (C=O) groups is 5. The van der Waals surface area contributed by atoms with E-state index in [-0.39, 0.29) is 6.42 Å². The van der Waals surface area contributed by atoms with E-state index in [1.54, 1.807) is 6.92 Å². The third kappa shape index (κ3) is 17.3.